The minimum absolute atomic E-state index is 0.191. The summed E-state index contributed by atoms with van der Waals surface area (Å²) < 4.78 is 5.58. The molecule has 1 N–H and O–H groups in total. The molecule has 2 rings (SSSR count). The Hall–Kier alpha value is -1.55. The van der Waals surface area contributed by atoms with Gasteiger partial charge < -0.3 is 10.1 Å². The Morgan fingerprint density at radius 3 is 2.94 bits per heavy atom. The van der Waals surface area contributed by atoms with Crippen molar-refractivity contribution >= 4 is 17.0 Å². The van der Waals surface area contributed by atoms with Crippen LogP contribution in [0.15, 0.2) is 35.8 Å². The second-order valence-electron chi connectivity index (χ2n) is 3.67. The fourth-order valence-corrected chi connectivity index (χ4v) is 2.26. The average Bonchev–Trinajstić information content (AvgIpc) is 2.85. The zero-order chi connectivity index (χ0) is 12.1. The summed E-state index contributed by atoms with van der Waals surface area (Å²) in [7, 11) is 0. The minimum atomic E-state index is 0.191. The Labute approximate surface area is 105 Å². The van der Waals surface area contributed by atoms with E-state index in [9.17, 15) is 0 Å². The topological polar surface area (TPSA) is 34.1 Å². The third kappa shape index (κ3) is 2.97. The van der Waals surface area contributed by atoms with Crippen LogP contribution in [0.3, 0.4) is 0 Å². The molecular formula is C13H16N2OS. The molecule has 1 heterocycles. The average molecular weight is 248 g/mol. The molecule has 0 aliphatic rings. The Balaban J connectivity index is 2.12. The number of hydrogen-bond acceptors (Lipinski definition) is 4. The van der Waals surface area contributed by atoms with E-state index in [4.69, 9.17) is 4.74 Å². The molecule has 0 spiro atoms. The van der Waals surface area contributed by atoms with E-state index in [1.807, 2.05) is 42.8 Å². The maximum atomic E-state index is 5.58. The molecule has 1 aromatic carbocycles. The number of aromatic nitrogens is 1. The van der Waals surface area contributed by atoms with Crippen LogP contribution in [0.25, 0.3) is 0 Å². The van der Waals surface area contributed by atoms with Gasteiger partial charge in [0.25, 0.3) is 0 Å². The van der Waals surface area contributed by atoms with Crippen molar-refractivity contribution in [3.05, 3.63) is 40.8 Å². The lowest BCUT2D eigenvalue weighted by molar-refractivity contribution is 0.341. The molecule has 0 bridgehead atoms. The molecule has 1 unspecified atom stereocenters. The van der Waals surface area contributed by atoms with Crippen molar-refractivity contribution in [1.82, 2.24) is 4.98 Å². The number of hydrogen-bond donors (Lipinski definition) is 1. The first-order chi connectivity index (χ1) is 8.31. The molecule has 0 saturated carbocycles. The number of rotatable bonds is 5. The highest BCUT2D eigenvalue weighted by molar-refractivity contribution is 7.09. The van der Waals surface area contributed by atoms with Crippen molar-refractivity contribution < 1.29 is 4.74 Å². The summed E-state index contributed by atoms with van der Waals surface area (Å²) in [4.78, 5) is 4.30. The Morgan fingerprint density at radius 1 is 1.41 bits per heavy atom. The number of anilines is 1. The molecule has 0 saturated heterocycles. The second-order valence-corrected chi connectivity index (χ2v) is 4.59. The van der Waals surface area contributed by atoms with Crippen LogP contribution in [0.5, 0.6) is 5.75 Å². The summed E-state index contributed by atoms with van der Waals surface area (Å²) in [6, 6.07) is 8.16. The molecule has 0 amide bonds. The van der Waals surface area contributed by atoms with Crippen molar-refractivity contribution in [3.8, 4) is 5.75 Å². The maximum absolute atomic E-state index is 5.58. The monoisotopic (exact) mass is 248 g/mol. The molecule has 1 atom stereocenters. The van der Waals surface area contributed by atoms with Crippen molar-refractivity contribution in [3.63, 3.8) is 0 Å². The number of nitrogens with one attached hydrogen (secondary N) is 1. The zero-order valence-corrected chi connectivity index (χ0v) is 10.8. The molecule has 17 heavy (non-hydrogen) atoms. The summed E-state index contributed by atoms with van der Waals surface area (Å²) in [5.41, 5.74) is 1.01. The van der Waals surface area contributed by atoms with E-state index < -0.39 is 0 Å². The largest absolute Gasteiger partial charge is 0.492 e. The Bertz CT molecular complexity index is 456. The molecule has 2 aromatic rings. The SMILES string of the molecule is CCOc1ccccc1NC(C)c1nccs1. The predicted octanol–water partition coefficient (Wildman–Crippen LogP) is 3.71. The molecule has 1 aromatic heterocycles. The second kappa shape index (κ2) is 5.68. The molecule has 0 radical (unpaired) electrons. The van der Waals surface area contributed by atoms with Crippen molar-refractivity contribution in [2.45, 2.75) is 19.9 Å². The summed E-state index contributed by atoms with van der Waals surface area (Å²) in [5.74, 6) is 0.887. The van der Waals surface area contributed by atoms with Gasteiger partial charge in [0.1, 0.15) is 10.8 Å². The summed E-state index contributed by atoms with van der Waals surface area (Å²) in [6.07, 6.45) is 1.83. The number of para-hydroxylation sites is 2. The first kappa shape index (κ1) is 11.9. The highest BCUT2D eigenvalue weighted by Gasteiger charge is 2.10. The van der Waals surface area contributed by atoms with Gasteiger partial charge in [0.05, 0.1) is 18.3 Å². The highest BCUT2D eigenvalue weighted by Crippen LogP contribution is 2.28. The van der Waals surface area contributed by atoms with Crippen LogP contribution in [0.1, 0.15) is 24.9 Å². The van der Waals surface area contributed by atoms with Gasteiger partial charge >= 0.3 is 0 Å². The molecule has 0 aliphatic carbocycles. The third-order valence-electron chi connectivity index (χ3n) is 2.38. The summed E-state index contributed by atoms with van der Waals surface area (Å²) in [6.45, 7) is 4.76. The standard InChI is InChI=1S/C13H16N2OS/c1-3-16-12-7-5-4-6-11(12)15-10(2)13-14-8-9-17-13/h4-10,15H,3H2,1-2H3. The maximum Gasteiger partial charge on any atom is 0.142 e. The van der Waals surface area contributed by atoms with Gasteiger partial charge in [0.2, 0.25) is 0 Å². The van der Waals surface area contributed by atoms with E-state index in [0.29, 0.717) is 6.61 Å². The van der Waals surface area contributed by atoms with Gasteiger partial charge in [-0.1, -0.05) is 12.1 Å². The van der Waals surface area contributed by atoms with E-state index in [1.54, 1.807) is 11.3 Å². The quantitative estimate of drug-likeness (QED) is 0.875. The van der Waals surface area contributed by atoms with Crippen LogP contribution in [0, 0.1) is 0 Å². The fourth-order valence-electron chi connectivity index (χ4n) is 1.61. The van der Waals surface area contributed by atoms with Gasteiger partial charge in [-0.25, -0.2) is 4.98 Å². The summed E-state index contributed by atoms with van der Waals surface area (Å²) in [5, 5.41) is 6.49. The van der Waals surface area contributed by atoms with E-state index in [2.05, 4.69) is 17.2 Å². The number of ether oxygens (including phenoxy) is 1. The number of nitrogens with zero attached hydrogens (tertiary/aromatic N) is 1. The van der Waals surface area contributed by atoms with Gasteiger partial charge in [-0.3, -0.25) is 0 Å². The molecule has 0 aliphatic heterocycles. The fraction of sp³-hybridized carbons (Fsp3) is 0.308. The first-order valence-electron chi connectivity index (χ1n) is 5.69. The van der Waals surface area contributed by atoms with Gasteiger partial charge in [-0.15, -0.1) is 11.3 Å². The number of thiazole rings is 1. The predicted molar refractivity (Wildman–Crippen MR) is 71.8 cm³/mol. The van der Waals surface area contributed by atoms with Crippen LogP contribution in [0.2, 0.25) is 0 Å². The lowest BCUT2D eigenvalue weighted by Crippen LogP contribution is -2.07. The summed E-state index contributed by atoms with van der Waals surface area (Å²) >= 11 is 1.66. The van der Waals surface area contributed by atoms with Crippen molar-refractivity contribution in [2.24, 2.45) is 0 Å². The van der Waals surface area contributed by atoms with Crippen LogP contribution in [0.4, 0.5) is 5.69 Å². The Kier molecular flexibility index (Phi) is 3.98. The van der Waals surface area contributed by atoms with E-state index >= 15 is 0 Å². The zero-order valence-electron chi connectivity index (χ0n) is 10.0. The lowest BCUT2D eigenvalue weighted by atomic mass is 10.2. The van der Waals surface area contributed by atoms with Crippen LogP contribution in [-0.4, -0.2) is 11.6 Å². The molecule has 90 valence electrons. The van der Waals surface area contributed by atoms with Crippen molar-refractivity contribution in [2.75, 3.05) is 11.9 Å². The molecule has 4 heteroatoms. The van der Waals surface area contributed by atoms with Crippen LogP contribution in [-0.2, 0) is 0 Å². The van der Waals surface area contributed by atoms with E-state index in [1.165, 1.54) is 0 Å². The molecule has 3 nitrogen and oxygen atoms in total. The van der Waals surface area contributed by atoms with Gasteiger partial charge in [0, 0.05) is 11.6 Å². The van der Waals surface area contributed by atoms with E-state index in [-0.39, 0.29) is 6.04 Å². The van der Waals surface area contributed by atoms with Gasteiger partial charge in [-0.05, 0) is 26.0 Å². The van der Waals surface area contributed by atoms with Gasteiger partial charge in [0.15, 0.2) is 0 Å². The first-order valence-corrected chi connectivity index (χ1v) is 6.57. The molecular weight excluding hydrogens is 232 g/mol. The third-order valence-corrected chi connectivity index (χ3v) is 3.34. The van der Waals surface area contributed by atoms with Gasteiger partial charge in [-0.2, -0.15) is 0 Å². The van der Waals surface area contributed by atoms with Crippen molar-refractivity contribution in [1.29, 1.82) is 0 Å². The lowest BCUT2D eigenvalue weighted by Gasteiger charge is -2.16. The van der Waals surface area contributed by atoms with Crippen LogP contribution < -0.4 is 10.1 Å². The minimum Gasteiger partial charge on any atom is -0.492 e. The number of benzene rings is 1. The highest BCUT2D eigenvalue weighted by atomic mass is 32.1. The molecule has 0 fully saturated rings. The smallest absolute Gasteiger partial charge is 0.142 e. The normalized spacial score (nSPS) is 12.1. The van der Waals surface area contributed by atoms with E-state index in [0.717, 1.165) is 16.4 Å². The van der Waals surface area contributed by atoms with Crippen LogP contribution >= 0.6 is 11.3 Å². The Morgan fingerprint density at radius 2 is 2.24 bits per heavy atom.